The third-order valence-electron chi connectivity index (χ3n) is 3.38. The van der Waals surface area contributed by atoms with Gasteiger partial charge in [-0.05, 0) is 23.8 Å². The van der Waals surface area contributed by atoms with Gasteiger partial charge in [0.15, 0.2) is 5.96 Å². The van der Waals surface area contributed by atoms with Gasteiger partial charge in [0.2, 0.25) is 0 Å². The summed E-state index contributed by atoms with van der Waals surface area (Å²) in [5.41, 5.74) is 1.34. The van der Waals surface area contributed by atoms with E-state index in [-0.39, 0.29) is 0 Å². The molecule has 1 atom stereocenters. The zero-order chi connectivity index (χ0) is 16.2. The lowest BCUT2D eigenvalue weighted by molar-refractivity contribution is 0.108. The number of rotatable bonds is 9. The molecular formula is C18H31N3O. The number of nitrogens with one attached hydrogen (secondary N) is 2. The van der Waals surface area contributed by atoms with Crippen molar-refractivity contribution in [1.29, 1.82) is 0 Å². The standard InChI is InChI=1S/C18H31N3O/c1-15(2)14-22-12-8-11-20-18(19-4)21-13-16(3)17-9-6-5-7-10-17/h5-7,9-10,15-16H,8,11-14H2,1-4H3,(H2,19,20,21). The molecule has 0 aromatic heterocycles. The molecule has 0 aliphatic heterocycles. The summed E-state index contributed by atoms with van der Waals surface area (Å²) in [7, 11) is 1.80. The Labute approximate surface area is 135 Å². The van der Waals surface area contributed by atoms with Crippen LogP contribution >= 0.6 is 0 Å². The van der Waals surface area contributed by atoms with E-state index in [1.807, 2.05) is 6.07 Å². The SMILES string of the molecule is CN=C(NCCCOCC(C)C)NCC(C)c1ccccc1. The minimum Gasteiger partial charge on any atom is -0.381 e. The maximum absolute atomic E-state index is 5.57. The average molecular weight is 305 g/mol. The first kappa shape index (κ1) is 18.5. The number of guanidine groups is 1. The number of ether oxygens (including phenoxy) is 1. The molecule has 0 bridgehead atoms. The molecule has 0 amide bonds. The summed E-state index contributed by atoms with van der Waals surface area (Å²) in [5, 5.41) is 6.70. The van der Waals surface area contributed by atoms with E-state index in [9.17, 15) is 0 Å². The Morgan fingerprint density at radius 2 is 1.86 bits per heavy atom. The largest absolute Gasteiger partial charge is 0.381 e. The summed E-state index contributed by atoms with van der Waals surface area (Å²) in [6, 6.07) is 10.5. The molecule has 0 saturated heterocycles. The van der Waals surface area contributed by atoms with E-state index in [1.165, 1.54) is 5.56 Å². The van der Waals surface area contributed by atoms with E-state index >= 15 is 0 Å². The molecule has 0 radical (unpaired) electrons. The highest BCUT2D eigenvalue weighted by Crippen LogP contribution is 2.12. The molecule has 1 rings (SSSR count). The Balaban J connectivity index is 2.17. The second kappa shape index (κ2) is 11.1. The fourth-order valence-corrected chi connectivity index (χ4v) is 2.07. The lowest BCUT2D eigenvalue weighted by Crippen LogP contribution is -2.39. The van der Waals surface area contributed by atoms with Crippen LogP contribution in [0.25, 0.3) is 0 Å². The number of benzene rings is 1. The Morgan fingerprint density at radius 1 is 1.14 bits per heavy atom. The van der Waals surface area contributed by atoms with Crippen molar-refractivity contribution >= 4 is 5.96 Å². The van der Waals surface area contributed by atoms with Crippen LogP contribution in [-0.2, 0) is 4.74 Å². The number of nitrogens with zero attached hydrogens (tertiary/aromatic N) is 1. The summed E-state index contributed by atoms with van der Waals surface area (Å²) in [6.45, 7) is 9.92. The maximum atomic E-state index is 5.57. The van der Waals surface area contributed by atoms with E-state index < -0.39 is 0 Å². The lowest BCUT2D eigenvalue weighted by Gasteiger charge is -2.16. The molecule has 0 aliphatic rings. The first-order valence-electron chi connectivity index (χ1n) is 8.20. The van der Waals surface area contributed by atoms with Gasteiger partial charge in [-0.15, -0.1) is 0 Å². The van der Waals surface area contributed by atoms with Crippen LogP contribution in [0.5, 0.6) is 0 Å². The lowest BCUT2D eigenvalue weighted by atomic mass is 10.0. The van der Waals surface area contributed by atoms with E-state index in [1.54, 1.807) is 7.05 Å². The van der Waals surface area contributed by atoms with Gasteiger partial charge in [0.1, 0.15) is 0 Å². The van der Waals surface area contributed by atoms with Crippen molar-refractivity contribution in [3.05, 3.63) is 35.9 Å². The smallest absolute Gasteiger partial charge is 0.190 e. The molecule has 124 valence electrons. The zero-order valence-corrected chi connectivity index (χ0v) is 14.4. The summed E-state index contributed by atoms with van der Waals surface area (Å²) in [5.74, 6) is 1.91. The van der Waals surface area contributed by atoms with Crippen LogP contribution in [0.15, 0.2) is 35.3 Å². The summed E-state index contributed by atoms with van der Waals surface area (Å²) >= 11 is 0. The van der Waals surface area contributed by atoms with Gasteiger partial charge >= 0.3 is 0 Å². The van der Waals surface area contributed by atoms with Crippen LogP contribution in [0.4, 0.5) is 0 Å². The van der Waals surface area contributed by atoms with Gasteiger partial charge < -0.3 is 15.4 Å². The van der Waals surface area contributed by atoms with E-state index in [2.05, 4.69) is 60.7 Å². The monoisotopic (exact) mass is 305 g/mol. The zero-order valence-electron chi connectivity index (χ0n) is 14.4. The topological polar surface area (TPSA) is 45.7 Å². The molecule has 0 saturated carbocycles. The molecular weight excluding hydrogens is 274 g/mol. The summed E-state index contributed by atoms with van der Waals surface area (Å²) < 4.78 is 5.57. The highest BCUT2D eigenvalue weighted by atomic mass is 16.5. The van der Waals surface area contributed by atoms with Gasteiger partial charge in [-0.3, -0.25) is 4.99 Å². The van der Waals surface area contributed by atoms with Crippen LogP contribution in [0.3, 0.4) is 0 Å². The second-order valence-corrected chi connectivity index (χ2v) is 6.01. The van der Waals surface area contributed by atoms with Gasteiger partial charge in [-0.2, -0.15) is 0 Å². The van der Waals surface area contributed by atoms with Crippen LogP contribution in [0, 0.1) is 5.92 Å². The minimum absolute atomic E-state index is 0.453. The van der Waals surface area contributed by atoms with Crippen molar-refractivity contribution < 1.29 is 4.74 Å². The van der Waals surface area contributed by atoms with Crippen LogP contribution in [0.2, 0.25) is 0 Å². The van der Waals surface area contributed by atoms with Gasteiger partial charge in [0.25, 0.3) is 0 Å². The number of hydrogen-bond donors (Lipinski definition) is 2. The Bertz CT molecular complexity index is 418. The second-order valence-electron chi connectivity index (χ2n) is 6.01. The van der Waals surface area contributed by atoms with Gasteiger partial charge in [0, 0.05) is 33.4 Å². The van der Waals surface area contributed by atoms with E-state index in [0.29, 0.717) is 11.8 Å². The normalized spacial score (nSPS) is 13.2. The van der Waals surface area contributed by atoms with Crippen molar-refractivity contribution in [3.63, 3.8) is 0 Å². The molecule has 22 heavy (non-hydrogen) atoms. The quantitative estimate of drug-likeness (QED) is 0.419. The van der Waals surface area contributed by atoms with E-state index in [0.717, 1.165) is 38.7 Å². The predicted octanol–water partition coefficient (Wildman–Crippen LogP) is 3.02. The minimum atomic E-state index is 0.453. The summed E-state index contributed by atoms with van der Waals surface area (Å²) in [4.78, 5) is 4.25. The van der Waals surface area contributed by atoms with Gasteiger partial charge in [-0.25, -0.2) is 0 Å². The van der Waals surface area contributed by atoms with E-state index in [4.69, 9.17) is 4.74 Å². The number of hydrogen-bond acceptors (Lipinski definition) is 2. The number of aliphatic imine (C=N–C) groups is 1. The Hall–Kier alpha value is -1.55. The summed E-state index contributed by atoms with van der Waals surface area (Å²) in [6.07, 6.45) is 0.988. The van der Waals surface area contributed by atoms with Crippen molar-refractivity contribution in [2.75, 3.05) is 33.4 Å². The molecule has 4 nitrogen and oxygen atoms in total. The molecule has 1 aromatic carbocycles. The van der Waals surface area contributed by atoms with Crippen molar-refractivity contribution in [3.8, 4) is 0 Å². The molecule has 0 spiro atoms. The van der Waals surface area contributed by atoms with Gasteiger partial charge in [-0.1, -0.05) is 51.1 Å². The van der Waals surface area contributed by atoms with Crippen molar-refractivity contribution in [1.82, 2.24) is 10.6 Å². The average Bonchev–Trinajstić information content (AvgIpc) is 2.53. The van der Waals surface area contributed by atoms with Crippen molar-refractivity contribution in [2.45, 2.75) is 33.1 Å². The first-order chi connectivity index (χ1) is 10.6. The molecule has 0 aliphatic carbocycles. The highest BCUT2D eigenvalue weighted by Gasteiger charge is 2.05. The maximum Gasteiger partial charge on any atom is 0.190 e. The van der Waals surface area contributed by atoms with Crippen LogP contribution in [-0.4, -0.2) is 39.3 Å². The fraction of sp³-hybridized carbons (Fsp3) is 0.611. The predicted molar refractivity (Wildman–Crippen MR) is 94.5 cm³/mol. The fourth-order valence-electron chi connectivity index (χ4n) is 2.07. The third-order valence-corrected chi connectivity index (χ3v) is 3.38. The molecule has 1 unspecified atom stereocenters. The van der Waals surface area contributed by atoms with Crippen LogP contribution < -0.4 is 10.6 Å². The Morgan fingerprint density at radius 3 is 2.50 bits per heavy atom. The molecule has 0 heterocycles. The molecule has 4 heteroatoms. The highest BCUT2D eigenvalue weighted by molar-refractivity contribution is 5.79. The third kappa shape index (κ3) is 8.03. The first-order valence-corrected chi connectivity index (χ1v) is 8.20. The van der Waals surface area contributed by atoms with Crippen LogP contribution in [0.1, 0.15) is 38.7 Å². The van der Waals surface area contributed by atoms with Crippen molar-refractivity contribution in [2.24, 2.45) is 10.9 Å². The molecule has 0 fully saturated rings. The molecule has 2 N–H and O–H groups in total. The van der Waals surface area contributed by atoms with Gasteiger partial charge in [0.05, 0.1) is 0 Å². The Kier molecular flexibility index (Phi) is 9.31. The molecule has 1 aromatic rings.